The van der Waals surface area contributed by atoms with Gasteiger partial charge in [0.1, 0.15) is 0 Å². The molecule has 20 heavy (non-hydrogen) atoms. The molecule has 0 rings (SSSR count). The number of rotatable bonds is 11. The summed E-state index contributed by atoms with van der Waals surface area (Å²) in [4.78, 5) is 1.54. The van der Waals surface area contributed by atoms with E-state index in [0.717, 1.165) is 0 Å². The molecule has 0 fully saturated rings. The van der Waals surface area contributed by atoms with E-state index in [1.807, 2.05) is 13.8 Å². The van der Waals surface area contributed by atoms with Crippen molar-refractivity contribution < 1.29 is 28.4 Å². The SMILES string of the molecule is CC(C)CC(CO)(CO)N(CCO)CCS(=O)(=O)B=O. The summed E-state index contributed by atoms with van der Waals surface area (Å²) in [6.45, 7) is 2.96. The Morgan fingerprint density at radius 1 is 1.15 bits per heavy atom. The van der Waals surface area contributed by atoms with E-state index in [2.05, 4.69) is 0 Å². The second kappa shape index (κ2) is 8.83. The molecule has 0 unspecified atom stereocenters. The van der Waals surface area contributed by atoms with E-state index in [-0.39, 0.29) is 45.3 Å². The van der Waals surface area contributed by atoms with E-state index in [9.17, 15) is 23.3 Å². The number of hydrogen-bond donors (Lipinski definition) is 3. The number of aliphatic hydroxyl groups excluding tert-OH is 3. The molecule has 0 amide bonds. The first-order valence-corrected chi connectivity index (χ1v) is 8.24. The van der Waals surface area contributed by atoms with Crippen LogP contribution >= 0.6 is 0 Å². The Kier molecular flexibility index (Phi) is 8.68. The second-order valence-corrected chi connectivity index (χ2v) is 7.24. The van der Waals surface area contributed by atoms with Crippen molar-refractivity contribution in [3.63, 3.8) is 0 Å². The number of hydrogen-bond acceptors (Lipinski definition) is 7. The average molecular weight is 309 g/mol. The molecule has 118 valence electrons. The third-order valence-electron chi connectivity index (χ3n) is 3.21. The Bertz CT molecular complexity index is 382. The van der Waals surface area contributed by atoms with Crippen LogP contribution in [0.15, 0.2) is 0 Å². The predicted octanol–water partition coefficient (Wildman–Crippen LogP) is -1.57. The predicted molar refractivity (Wildman–Crippen MR) is 75.2 cm³/mol. The molecule has 0 spiro atoms. The van der Waals surface area contributed by atoms with Crippen molar-refractivity contribution in [1.29, 1.82) is 0 Å². The summed E-state index contributed by atoms with van der Waals surface area (Å²) >= 11 is 0. The van der Waals surface area contributed by atoms with Gasteiger partial charge in [-0.2, -0.15) is 0 Å². The maximum absolute atomic E-state index is 11.3. The van der Waals surface area contributed by atoms with E-state index in [1.165, 1.54) is 4.90 Å². The van der Waals surface area contributed by atoms with Gasteiger partial charge in [-0.05, 0) is 0 Å². The van der Waals surface area contributed by atoms with Crippen molar-refractivity contribution in [2.75, 3.05) is 38.7 Å². The summed E-state index contributed by atoms with van der Waals surface area (Å²) in [7, 11) is -3.81. The molecule has 0 radical (unpaired) electrons. The first-order chi connectivity index (χ1) is 9.26. The summed E-state index contributed by atoms with van der Waals surface area (Å²) in [5.74, 6) is -0.241. The molecule has 0 aliphatic heterocycles. The quantitative estimate of drug-likeness (QED) is 0.395. The van der Waals surface area contributed by atoms with Crippen molar-refractivity contribution in [1.82, 2.24) is 4.90 Å². The van der Waals surface area contributed by atoms with Gasteiger partial charge in [-0.1, -0.05) is 0 Å². The van der Waals surface area contributed by atoms with Crippen LogP contribution in [0.2, 0.25) is 0 Å². The molecule has 0 bridgehead atoms. The standard InChI is InChI=1S/C11H24BNO6S/c1-10(2)7-11(8-15,9-16)13(3-5-14)4-6-20(18,19)12-17/h10,14-16H,3-9H2,1-2H3. The summed E-state index contributed by atoms with van der Waals surface area (Å²) in [5.41, 5.74) is -1.00. The Hall–Kier alpha value is -0.345. The number of β-amino-alcohol motifs (C(OH)–C–C–N with tert-alkyl or cyclic N) is 1. The minimum atomic E-state index is -3.81. The molecule has 3 N–H and O–H groups in total. The molecular formula is C11H24BNO6S. The van der Waals surface area contributed by atoms with Crippen LogP contribution in [0.5, 0.6) is 0 Å². The van der Waals surface area contributed by atoms with Gasteiger partial charge < -0.3 is 0 Å². The molecule has 9 heteroatoms. The van der Waals surface area contributed by atoms with E-state index in [0.29, 0.717) is 6.42 Å². The summed E-state index contributed by atoms with van der Waals surface area (Å²) < 4.78 is 32.9. The van der Waals surface area contributed by atoms with Gasteiger partial charge in [0.25, 0.3) is 0 Å². The molecule has 0 aliphatic carbocycles. The fraction of sp³-hybridized carbons (Fsp3) is 1.00. The molecule has 0 heterocycles. The van der Waals surface area contributed by atoms with Gasteiger partial charge >= 0.3 is 120 Å². The minimum absolute atomic E-state index is 0.0323. The zero-order valence-electron chi connectivity index (χ0n) is 12.0. The van der Waals surface area contributed by atoms with Crippen LogP contribution in [0.4, 0.5) is 0 Å². The fourth-order valence-corrected chi connectivity index (χ4v) is 2.83. The Morgan fingerprint density at radius 3 is 2.05 bits per heavy atom. The van der Waals surface area contributed by atoms with Crippen LogP contribution in [-0.2, 0) is 14.4 Å². The Balaban J connectivity index is 5.12. The third-order valence-corrected chi connectivity index (χ3v) is 4.25. The first kappa shape index (κ1) is 19.7. The van der Waals surface area contributed by atoms with Crippen molar-refractivity contribution in [3.05, 3.63) is 0 Å². The average Bonchev–Trinajstić information content (AvgIpc) is 2.40. The van der Waals surface area contributed by atoms with E-state index in [1.54, 1.807) is 0 Å². The molecule has 0 saturated carbocycles. The van der Waals surface area contributed by atoms with Crippen molar-refractivity contribution in [3.8, 4) is 0 Å². The van der Waals surface area contributed by atoms with Crippen molar-refractivity contribution in [2.45, 2.75) is 25.8 Å². The Labute approximate surface area is 120 Å². The van der Waals surface area contributed by atoms with Crippen molar-refractivity contribution >= 4 is 16.1 Å². The van der Waals surface area contributed by atoms with Gasteiger partial charge in [0.05, 0.1) is 0 Å². The summed E-state index contributed by atoms with van der Waals surface area (Å²) in [6.07, 6.45) is 0.341. The summed E-state index contributed by atoms with van der Waals surface area (Å²) in [5, 5.41) is 28.3. The molecular weight excluding hydrogens is 285 g/mol. The molecule has 7 nitrogen and oxygen atoms in total. The Morgan fingerprint density at radius 2 is 1.70 bits per heavy atom. The van der Waals surface area contributed by atoms with Crippen LogP contribution in [0.3, 0.4) is 0 Å². The zero-order valence-corrected chi connectivity index (χ0v) is 12.8. The van der Waals surface area contributed by atoms with Gasteiger partial charge in [0.2, 0.25) is 0 Å². The van der Waals surface area contributed by atoms with Crippen LogP contribution in [0.1, 0.15) is 20.3 Å². The maximum atomic E-state index is 11.3. The van der Waals surface area contributed by atoms with Gasteiger partial charge in [0.15, 0.2) is 0 Å². The molecule has 0 aromatic carbocycles. The monoisotopic (exact) mass is 309 g/mol. The van der Waals surface area contributed by atoms with Gasteiger partial charge in [-0.3, -0.25) is 0 Å². The van der Waals surface area contributed by atoms with Crippen LogP contribution in [-0.4, -0.2) is 79.3 Å². The van der Waals surface area contributed by atoms with Gasteiger partial charge in [0, 0.05) is 0 Å². The van der Waals surface area contributed by atoms with Crippen LogP contribution in [0.25, 0.3) is 0 Å². The molecule has 0 aromatic rings. The van der Waals surface area contributed by atoms with Crippen LogP contribution < -0.4 is 0 Å². The zero-order chi connectivity index (χ0) is 15.8. The van der Waals surface area contributed by atoms with Crippen molar-refractivity contribution in [2.24, 2.45) is 5.92 Å². The second-order valence-electron chi connectivity index (χ2n) is 5.31. The first-order valence-electron chi connectivity index (χ1n) is 6.52. The van der Waals surface area contributed by atoms with Gasteiger partial charge in [-0.25, -0.2) is 0 Å². The van der Waals surface area contributed by atoms with Gasteiger partial charge in [-0.15, -0.1) is 0 Å². The number of aliphatic hydroxyl groups is 3. The fourth-order valence-electron chi connectivity index (χ4n) is 2.26. The topological polar surface area (TPSA) is 115 Å². The number of nitrogens with zero attached hydrogens (tertiary/aromatic N) is 1. The van der Waals surface area contributed by atoms with E-state index < -0.39 is 21.0 Å². The van der Waals surface area contributed by atoms with E-state index >= 15 is 0 Å². The van der Waals surface area contributed by atoms with E-state index in [4.69, 9.17) is 5.11 Å². The molecule has 0 saturated heterocycles. The summed E-state index contributed by atoms with van der Waals surface area (Å²) in [6, 6.07) is 0. The molecule has 0 aliphatic rings. The molecule has 0 aromatic heterocycles. The third kappa shape index (κ3) is 5.96. The normalized spacial score (nSPS) is 12.9. The van der Waals surface area contributed by atoms with Crippen LogP contribution in [0, 0.1) is 5.92 Å². The molecule has 0 atom stereocenters.